The van der Waals surface area contributed by atoms with Gasteiger partial charge in [-0.1, -0.05) is 6.92 Å². The molecule has 3 N–H and O–H groups in total. The van der Waals surface area contributed by atoms with Gasteiger partial charge in [-0.25, -0.2) is 4.79 Å². The highest BCUT2D eigenvalue weighted by atomic mass is 16.6. The van der Waals surface area contributed by atoms with Gasteiger partial charge in [0.2, 0.25) is 0 Å². The Balaban J connectivity index is 4.67. The van der Waals surface area contributed by atoms with Gasteiger partial charge in [0, 0.05) is 24.7 Å². The smallest absolute Gasteiger partial charge is 0.407 e. The van der Waals surface area contributed by atoms with Crippen LogP contribution in [0.5, 0.6) is 0 Å². The average molecular weight is 287 g/mol. The lowest BCUT2D eigenvalue weighted by atomic mass is 10.1. The van der Waals surface area contributed by atoms with Gasteiger partial charge in [0.1, 0.15) is 5.60 Å². The first-order valence-corrected chi connectivity index (χ1v) is 7.57. The Labute approximate surface area is 124 Å². The Hall–Kier alpha value is -0.810. The lowest BCUT2D eigenvalue weighted by molar-refractivity contribution is 0.0454. The van der Waals surface area contributed by atoms with E-state index >= 15 is 0 Å². The molecule has 0 aliphatic rings. The maximum Gasteiger partial charge on any atom is 0.407 e. The van der Waals surface area contributed by atoms with Gasteiger partial charge in [0.15, 0.2) is 0 Å². The zero-order valence-electron chi connectivity index (χ0n) is 14.2. The lowest BCUT2D eigenvalue weighted by Gasteiger charge is -2.38. The Morgan fingerprint density at radius 3 is 2.20 bits per heavy atom. The molecule has 0 heterocycles. The summed E-state index contributed by atoms with van der Waals surface area (Å²) in [5.74, 6) is 0. The third-order valence-electron chi connectivity index (χ3n) is 3.13. The highest BCUT2D eigenvalue weighted by Crippen LogP contribution is 2.11. The second-order valence-corrected chi connectivity index (χ2v) is 6.57. The Kier molecular flexibility index (Phi) is 8.13. The minimum atomic E-state index is -0.483. The van der Waals surface area contributed by atoms with E-state index < -0.39 is 5.60 Å². The maximum atomic E-state index is 11.8. The van der Waals surface area contributed by atoms with Crippen molar-refractivity contribution in [2.45, 2.75) is 78.6 Å². The zero-order valence-corrected chi connectivity index (χ0v) is 14.2. The van der Waals surface area contributed by atoms with Gasteiger partial charge in [-0.15, -0.1) is 0 Å². The number of hydrogen-bond acceptors (Lipinski definition) is 4. The first kappa shape index (κ1) is 19.2. The molecule has 5 nitrogen and oxygen atoms in total. The van der Waals surface area contributed by atoms with Crippen LogP contribution in [0, 0.1) is 0 Å². The summed E-state index contributed by atoms with van der Waals surface area (Å²) in [6, 6.07) is 0.456. The summed E-state index contributed by atoms with van der Waals surface area (Å²) >= 11 is 0. The van der Waals surface area contributed by atoms with Gasteiger partial charge in [-0.05, 0) is 54.5 Å². The molecule has 0 bridgehead atoms. The van der Waals surface area contributed by atoms with Crippen molar-refractivity contribution in [3.63, 3.8) is 0 Å². The van der Waals surface area contributed by atoms with Gasteiger partial charge in [0.25, 0.3) is 0 Å². The van der Waals surface area contributed by atoms with E-state index in [1.54, 1.807) is 0 Å². The van der Waals surface area contributed by atoms with Crippen molar-refractivity contribution in [3.05, 3.63) is 0 Å². The van der Waals surface area contributed by atoms with Crippen LogP contribution in [0.1, 0.15) is 54.9 Å². The Bertz CT molecular complexity index is 287. The Morgan fingerprint density at radius 1 is 1.30 bits per heavy atom. The number of carbonyl (C=O) groups is 1. The van der Waals surface area contributed by atoms with Crippen LogP contribution < -0.4 is 11.1 Å². The molecule has 120 valence electrons. The topological polar surface area (TPSA) is 67.6 Å². The van der Waals surface area contributed by atoms with E-state index in [1.165, 1.54) is 0 Å². The molecular formula is C15H33N3O2. The SMILES string of the molecule is CCCN(C(C)C)C(CN)C(C)NC(=O)OC(C)(C)C. The summed E-state index contributed by atoms with van der Waals surface area (Å²) in [5.41, 5.74) is 5.43. The Morgan fingerprint density at radius 2 is 1.85 bits per heavy atom. The minimum absolute atomic E-state index is 0.0520. The molecule has 0 aromatic heterocycles. The number of carbonyl (C=O) groups excluding carboxylic acids is 1. The molecule has 2 atom stereocenters. The molecule has 0 aliphatic carbocycles. The van der Waals surface area contributed by atoms with Gasteiger partial charge < -0.3 is 15.8 Å². The molecule has 5 heteroatoms. The number of nitrogens with zero attached hydrogens (tertiary/aromatic N) is 1. The third kappa shape index (κ3) is 7.10. The van der Waals surface area contributed by atoms with E-state index in [0.29, 0.717) is 12.6 Å². The van der Waals surface area contributed by atoms with E-state index in [2.05, 4.69) is 31.0 Å². The number of ether oxygens (including phenoxy) is 1. The number of rotatable bonds is 7. The summed E-state index contributed by atoms with van der Waals surface area (Å²) in [5, 5.41) is 2.90. The summed E-state index contributed by atoms with van der Waals surface area (Å²) in [4.78, 5) is 14.2. The first-order chi connectivity index (χ1) is 9.12. The number of nitrogens with one attached hydrogen (secondary N) is 1. The van der Waals surface area contributed by atoms with Gasteiger partial charge in [0.05, 0.1) is 0 Å². The molecular weight excluding hydrogens is 254 g/mol. The van der Waals surface area contributed by atoms with Crippen LogP contribution in [0.4, 0.5) is 4.79 Å². The van der Waals surface area contributed by atoms with Crippen LogP contribution in [0.2, 0.25) is 0 Å². The summed E-state index contributed by atoms with van der Waals surface area (Å²) in [7, 11) is 0. The molecule has 0 saturated carbocycles. The van der Waals surface area contributed by atoms with Gasteiger partial charge >= 0.3 is 6.09 Å². The average Bonchev–Trinajstić information content (AvgIpc) is 2.25. The monoisotopic (exact) mass is 287 g/mol. The molecule has 1 amide bonds. The lowest BCUT2D eigenvalue weighted by Crippen LogP contribution is -2.56. The van der Waals surface area contributed by atoms with E-state index in [-0.39, 0.29) is 18.2 Å². The number of nitrogens with two attached hydrogens (primary N) is 1. The third-order valence-corrected chi connectivity index (χ3v) is 3.13. The largest absolute Gasteiger partial charge is 0.444 e. The molecule has 0 fully saturated rings. The standard InChI is InChI=1S/C15H33N3O2/c1-8-9-18(11(2)3)13(10-16)12(4)17-14(19)20-15(5,6)7/h11-13H,8-10,16H2,1-7H3,(H,17,19). The fourth-order valence-electron chi connectivity index (χ4n) is 2.28. The predicted octanol–water partition coefficient (Wildman–Crippen LogP) is 2.35. The first-order valence-electron chi connectivity index (χ1n) is 7.57. The molecule has 2 unspecified atom stereocenters. The van der Waals surface area contributed by atoms with Crippen molar-refractivity contribution in [1.29, 1.82) is 0 Å². The van der Waals surface area contributed by atoms with Gasteiger partial charge in [-0.3, -0.25) is 4.90 Å². The predicted molar refractivity (Wildman–Crippen MR) is 83.8 cm³/mol. The second kappa shape index (κ2) is 8.47. The van der Waals surface area contributed by atoms with Crippen molar-refractivity contribution < 1.29 is 9.53 Å². The molecule has 0 saturated heterocycles. The van der Waals surface area contributed by atoms with E-state index in [1.807, 2.05) is 27.7 Å². The van der Waals surface area contributed by atoms with Crippen molar-refractivity contribution in [2.24, 2.45) is 5.73 Å². The maximum absolute atomic E-state index is 11.8. The zero-order chi connectivity index (χ0) is 15.9. The van der Waals surface area contributed by atoms with Crippen LogP contribution >= 0.6 is 0 Å². The molecule has 20 heavy (non-hydrogen) atoms. The van der Waals surface area contributed by atoms with Crippen molar-refractivity contribution >= 4 is 6.09 Å². The number of alkyl carbamates (subject to hydrolysis) is 1. The quantitative estimate of drug-likeness (QED) is 0.754. The van der Waals surface area contributed by atoms with E-state index in [9.17, 15) is 4.79 Å². The molecule has 0 spiro atoms. The molecule has 0 aliphatic heterocycles. The summed E-state index contributed by atoms with van der Waals surface area (Å²) in [6.07, 6.45) is 0.678. The number of amides is 1. The molecule has 0 radical (unpaired) electrons. The highest BCUT2D eigenvalue weighted by Gasteiger charge is 2.27. The van der Waals surface area contributed by atoms with Crippen LogP contribution in [0.3, 0.4) is 0 Å². The summed E-state index contributed by atoms with van der Waals surface area (Å²) < 4.78 is 5.29. The van der Waals surface area contributed by atoms with Crippen molar-refractivity contribution in [2.75, 3.05) is 13.1 Å². The summed E-state index contributed by atoms with van der Waals surface area (Å²) in [6.45, 7) is 15.5. The van der Waals surface area contributed by atoms with E-state index in [4.69, 9.17) is 10.5 Å². The molecule has 0 aromatic carbocycles. The fraction of sp³-hybridized carbons (Fsp3) is 0.933. The van der Waals surface area contributed by atoms with Crippen LogP contribution in [0.25, 0.3) is 0 Å². The second-order valence-electron chi connectivity index (χ2n) is 6.57. The normalized spacial score (nSPS) is 15.3. The van der Waals surface area contributed by atoms with Crippen LogP contribution in [0.15, 0.2) is 0 Å². The molecule has 0 rings (SSSR count). The van der Waals surface area contributed by atoms with Crippen molar-refractivity contribution in [1.82, 2.24) is 10.2 Å². The highest BCUT2D eigenvalue weighted by molar-refractivity contribution is 5.68. The van der Waals surface area contributed by atoms with Crippen LogP contribution in [-0.4, -0.2) is 47.8 Å². The number of hydrogen-bond donors (Lipinski definition) is 2. The fourth-order valence-corrected chi connectivity index (χ4v) is 2.28. The molecule has 0 aromatic rings. The minimum Gasteiger partial charge on any atom is -0.444 e. The van der Waals surface area contributed by atoms with Gasteiger partial charge in [-0.2, -0.15) is 0 Å². The van der Waals surface area contributed by atoms with E-state index in [0.717, 1.165) is 13.0 Å². The van der Waals surface area contributed by atoms with Crippen LogP contribution in [-0.2, 0) is 4.74 Å². The van der Waals surface area contributed by atoms with Crippen molar-refractivity contribution in [3.8, 4) is 0 Å².